The lowest BCUT2D eigenvalue weighted by Gasteiger charge is -2.37. The zero-order chi connectivity index (χ0) is 21.2. The van der Waals surface area contributed by atoms with Crippen molar-refractivity contribution in [2.45, 2.75) is 63.5 Å². The van der Waals surface area contributed by atoms with Crippen LogP contribution in [-0.2, 0) is 30.7 Å². The first-order chi connectivity index (χ1) is 13.6. The van der Waals surface area contributed by atoms with E-state index in [4.69, 9.17) is 14.5 Å². The van der Waals surface area contributed by atoms with E-state index >= 15 is 0 Å². The van der Waals surface area contributed by atoms with Gasteiger partial charge in [0.25, 0.3) is 0 Å². The summed E-state index contributed by atoms with van der Waals surface area (Å²) >= 11 is 0. The van der Waals surface area contributed by atoms with Crippen LogP contribution < -0.4 is 0 Å². The first-order valence-corrected chi connectivity index (χ1v) is 9.42. The molecule has 0 saturated carbocycles. The second-order valence-electron chi connectivity index (χ2n) is 8.26. The van der Waals surface area contributed by atoms with Crippen LogP contribution in [0.5, 0.6) is 0 Å². The topological polar surface area (TPSA) is 102 Å². The van der Waals surface area contributed by atoms with Crippen molar-refractivity contribution in [1.82, 2.24) is 4.90 Å². The van der Waals surface area contributed by atoms with E-state index in [0.29, 0.717) is 0 Å². The highest BCUT2D eigenvalue weighted by Crippen LogP contribution is 2.43. The fraction of sp³-hybridized carbons (Fsp3) is 0.476. The van der Waals surface area contributed by atoms with Crippen molar-refractivity contribution in [1.29, 1.82) is 0 Å². The molecule has 29 heavy (non-hydrogen) atoms. The van der Waals surface area contributed by atoms with E-state index in [0.717, 1.165) is 10.5 Å². The van der Waals surface area contributed by atoms with E-state index < -0.39 is 35.3 Å². The molecule has 1 aliphatic carbocycles. The van der Waals surface area contributed by atoms with Gasteiger partial charge >= 0.3 is 12.1 Å². The molecule has 8 heteroatoms. The van der Waals surface area contributed by atoms with Crippen molar-refractivity contribution in [3.8, 4) is 0 Å². The van der Waals surface area contributed by atoms with Crippen LogP contribution in [-0.4, -0.2) is 51.1 Å². The smallest absolute Gasteiger partial charge is 0.411 e. The maximum atomic E-state index is 12.8. The van der Waals surface area contributed by atoms with Crippen LogP contribution in [0.4, 0.5) is 4.79 Å². The number of carboxylic acid groups (broad SMARTS) is 1. The highest BCUT2D eigenvalue weighted by Gasteiger charge is 2.59. The van der Waals surface area contributed by atoms with Crippen molar-refractivity contribution in [2.24, 2.45) is 0 Å². The minimum atomic E-state index is -1.24. The van der Waals surface area contributed by atoms with E-state index in [-0.39, 0.29) is 25.2 Å². The van der Waals surface area contributed by atoms with Gasteiger partial charge in [0.1, 0.15) is 18.2 Å². The van der Waals surface area contributed by atoms with Gasteiger partial charge in [-0.05, 0) is 38.5 Å². The standard InChI is InChI=1S/C21H25NO7/c1-20(2,3)28-29-21-10-9-15(23)11-17(21)22(16(12-21)18(24)25)19(26)27-13-14-7-5-4-6-8-14/h4-10,16-17H,11-13H2,1-3H3,(H,24,25)/t16-,17+,21-/m0/s1. The van der Waals surface area contributed by atoms with Crippen LogP contribution in [0.15, 0.2) is 42.5 Å². The average molecular weight is 403 g/mol. The summed E-state index contributed by atoms with van der Waals surface area (Å²) in [6, 6.07) is 7.01. The van der Waals surface area contributed by atoms with E-state index in [1.165, 1.54) is 12.2 Å². The number of fused-ring (bicyclic) bond motifs is 1. The first-order valence-electron chi connectivity index (χ1n) is 9.42. The van der Waals surface area contributed by atoms with E-state index in [1.807, 2.05) is 18.2 Å². The summed E-state index contributed by atoms with van der Waals surface area (Å²) in [5.41, 5.74) is -1.13. The molecule has 1 heterocycles. The summed E-state index contributed by atoms with van der Waals surface area (Å²) in [5.74, 6) is -1.42. The summed E-state index contributed by atoms with van der Waals surface area (Å²) in [5, 5.41) is 9.72. The van der Waals surface area contributed by atoms with Crippen molar-refractivity contribution in [2.75, 3.05) is 0 Å². The van der Waals surface area contributed by atoms with Gasteiger partial charge < -0.3 is 9.84 Å². The van der Waals surface area contributed by atoms with Crippen molar-refractivity contribution >= 4 is 17.8 Å². The van der Waals surface area contributed by atoms with Crippen LogP contribution in [0.1, 0.15) is 39.2 Å². The highest BCUT2D eigenvalue weighted by molar-refractivity contribution is 5.93. The molecule has 0 aromatic heterocycles. The number of aliphatic carboxylic acids is 1. The number of allylic oxidation sites excluding steroid dienone is 1. The van der Waals surface area contributed by atoms with Gasteiger partial charge in [0.15, 0.2) is 5.78 Å². The molecular formula is C21H25NO7. The Morgan fingerprint density at radius 2 is 1.93 bits per heavy atom. The van der Waals surface area contributed by atoms with Crippen LogP contribution in [0.3, 0.4) is 0 Å². The van der Waals surface area contributed by atoms with Gasteiger partial charge in [-0.15, -0.1) is 0 Å². The molecule has 1 aromatic carbocycles. The number of carbonyl (C=O) groups is 3. The second-order valence-corrected chi connectivity index (χ2v) is 8.26. The van der Waals surface area contributed by atoms with Crippen molar-refractivity contribution < 1.29 is 34.0 Å². The molecule has 1 aliphatic heterocycles. The number of carbonyl (C=O) groups excluding carboxylic acids is 2. The molecule has 1 fully saturated rings. The molecule has 3 rings (SSSR count). The third-order valence-electron chi connectivity index (χ3n) is 4.84. The SMILES string of the molecule is CC(C)(C)OO[C@]12C=CC(=O)C[C@H]1N(C(=O)OCc1ccccc1)[C@H](C(=O)O)C2. The minimum Gasteiger partial charge on any atom is -0.480 e. The number of ether oxygens (including phenoxy) is 1. The lowest BCUT2D eigenvalue weighted by Crippen LogP contribution is -2.52. The van der Waals surface area contributed by atoms with Gasteiger partial charge in [-0.3, -0.25) is 9.69 Å². The Balaban J connectivity index is 1.85. The molecule has 1 N–H and O–H groups in total. The maximum absolute atomic E-state index is 12.8. The molecule has 1 saturated heterocycles. The number of hydrogen-bond donors (Lipinski definition) is 1. The fourth-order valence-electron chi connectivity index (χ4n) is 3.51. The number of carboxylic acids is 1. The Hall–Kier alpha value is -2.71. The normalized spacial score (nSPS) is 26.3. The Kier molecular flexibility index (Phi) is 5.77. The molecule has 0 spiro atoms. The first kappa shape index (κ1) is 21.0. The van der Waals surface area contributed by atoms with Crippen molar-refractivity contribution in [3.63, 3.8) is 0 Å². The number of hydrogen-bond acceptors (Lipinski definition) is 6. The van der Waals surface area contributed by atoms with E-state index in [1.54, 1.807) is 32.9 Å². The summed E-state index contributed by atoms with van der Waals surface area (Å²) < 4.78 is 5.36. The largest absolute Gasteiger partial charge is 0.480 e. The number of likely N-dealkylation sites (tertiary alicyclic amines) is 1. The fourth-order valence-corrected chi connectivity index (χ4v) is 3.51. The molecule has 1 amide bonds. The molecule has 0 unspecified atom stereocenters. The molecule has 0 bridgehead atoms. The van der Waals surface area contributed by atoms with Crippen LogP contribution in [0.2, 0.25) is 0 Å². The Bertz CT molecular complexity index is 814. The van der Waals surface area contributed by atoms with E-state index in [2.05, 4.69) is 0 Å². The predicted molar refractivity (Wildman–Crippen MR) is 102 cm³/mol. The maximum Gasteiger partial charge on any atom is 0.411 e. The Morgan fingerprint density at radius 1 is 1.24 bits per heavy atom. The van der Waals surface area contributed by atoms with Gasteiger partial charge in [-0.1, -0.05) is 30.3 Å². The van der Waals surface area contributed by atoms with Gasteiger partial charge in [-0.25, -0.2) is 19.4 Å². The van der Waals surface area contributed by atoms with Gasteiger partial charge in [0.05, 0.1) is 11.6 Å². The Labute approximate surface area is 169 Å². The minimum absolute atomic E-state index is 0.00857. The van der Waals surface area contributed by atoms with Gasteiger partial charge in [-0.2, -0.15) is 0 Å². The second kappa shape index (κ2) is 7.96. The lowest BCUT2D eigenvalue weighted by molar-refractivity contribution is -0.396. The molecule has 2 aliphatic rings. The average Bonchev–Trinajstić information content (AvgIpc) is 3.00. The number of nitrogens with zero attached hydrogens (tertiary/aromatic N) is 1. The zero-order valence-electron chi connectivity index (χ0n) is 16.7. The summed E-state index contributed by atoms with van der Waals surface area (Å²) in [6.45, 7) is 5.34. The molecular weight excluding hydrogens is 378 g/mol. The lowest BCUT2D eigenvalue weighted by atomic mass is 9.85. The molecule has 1 aromatic rings. The summed E-state index contributed by atoms with van der Waals surface area (Å²) in [7, 11) is 0. The molecule has 156 valence electrons. The van der Waals surface area contributed by atoms with Gasteiger partial charge in [0.2, 0.25) is 0 Å². The summed E-state index contributed by atoms with van der Waals surface area (Å²) in [4.78, 5) is 49.0. The predicted octanol–water partition coefficient (Wildman–Crippen LogP) is 2.87. The molecule has 3 atom stereocenters. The van der Waals surface area contributed by atoms with Crippen LogP contribution in [0.25, 0.3) is 0 Å². The quantitative estimate of drug-likeness (QED) is 0.596. The van der Waals surface area contributed by atoms with Gasteiger partial charge in [0, 0.05) is 12.8 Å². The Morgan fingerprint density at radius 3 is 2.55 bits per heavy atom. The number of ketones is 1. The number of amides is 1. The summed E-state index contributed by atoms with van der Waals surface area (Å²) in [6.07, 6.45) is 1.91. The van der Waals surface area contributed by atoms with E-state index in [9.17, 15) is 19.5 Å². The third-order valence-corrected chi connectivity index (χ3v) is 4.84. The van der Waals surface area contributed by atoms with Crippen LogP contribution >= 0.6 is 0 Å². The number of rotatable bonds is 5. The number of benzene rings is 1. The van der Waals surface area contributed by atoms with Crippen molar-refractivity contribution in [3.05, 3.63) is 48.0 Å². The molecule has 0 radical (unpaired) electrons. The van der Waals surface area contributed by atoms with Crippen LogP contribution in [0, 0.1) is 0 Å². The monoisotopic (exact) mass is 403 g/mol. The third kappa shape index (κ3) is 4.65. The zero-order valence-corrected chi connectivity index (χ0v) is 16.7. The molecule has 8 nitrogen and oxygen atoms in total. The highest BCUT2D eigenvalue weighted by atomic mass is 17.2.